The van der Waals surface area contributed by atoms with Crippen LogP contribution in [0.2, 0.25) is 0 Å². The van der Waals surface area contributed by atoms with Crippen LogP contribution >= 0.6 is 24.0 Å². The van der Waals surface area contributed by atoms with E-state index in [-0.39, 0.29) is 5.41 Å². The van der Waals surface area contributed by atoms with Crippen molar-refractivity contribution in [3.63, 3.8) is 0 Å². The van der Waals surface area contributed by atoms with E-state index in [0.29, 0.717) is 11.0 Å². The Balaban J connectivity index is 4.13. The summed E-state index contributed by atoms with van der Waals surface area (Å²) >= 11 is 6.99. The minimum absolute atomic E-state index is 0.0265. The summed E-state index contributed by atoms with van der Waals surface area (Å²) in [6, 6.07) is 0.664. The summed E-state index contributed by atoms with van der Waals surface area (Å²) in [5, 5.41) is 0. The molecule has 0 aliphatic rings. The van der Waals surface area contributed by atoms with E-state index in [1.54, 1.807) is 0 Å². The summed E-state index contributed by atoms with van der Waals surface area (Å²) in [7, 11) is 2.19. The normalized spacial score (nSPS) is 14.1. The molecule has 0 bridgehead atoms. The van der Waals surface area contributed by atoms with Crippen LogP contribution < -0.4 is 5.73 Å². The summed E-state index contributed by atoms with van der Waals surface area (Å²) < 4.78 is 0. The van der Waals surface area contributed by atoms with E-state index < -0.39 is 0 Å². The Bertz CT molecular complexity index is 217. The van der Waals surface area contributed by atoms with Gasteiger partial charge < -0.3 is 10.6 Å². The Labute approximate surface area is 110 Å². The second-order valence-electron chi connectivity index (χ2n) is 5.00. The molecule has 0 spiro atoms. The smallest absolute Gasteiger partial charge is 0.0784 e. The summed E-state index contributed by atoms with van der Waals surface area (Å²) in [6.45, 7) is 7.55. The molecule has 0 fully saturated rings. The molecule has 1 atom stereocenters. The van der Waals surface area contributed by atoms with Crippen LogP contribution in [0, 0.1) is 5.41 Å². The maximum Gasteiger partial charge on any atom is 0.0784 e. The summed E-state index contributed by atoms with van der Waals surface area (Å²) in [5.41, 5.74) is 5.71. The van der Waals surface area contributed by atoms with E-state index in [1.165, 1.54) is 12.2 Å². The van der Waals surface area contributed by atoms with Crippen LogP contribution in [0.15, 0.2) is 0 Å². The molecule has 2 N–H and O–H groups in total. The molecule has 0 aliphatic heterocycles. The van der Waals surface area contributed by atoms with Gasteiger partial charge in [0, 0.05) is 17.2 Å². The molecule has 4 heteroatoms. The predicted octanol–water partition coefficient (Wildman–Crippen LogP) is 2.76. The first-order chi connectivity index (χ1) is 7.35. The van der Waals surface area contributed by atoms with Crippen molar-refractivity contribution in [3.8, 4) is 0 Å². The molecule has 0 rings (SSSR count). The van der Waals surface area contributed by atoms with Crippen molar-refractivity contribution in [3.05, 3.63) is 0 Å². The molecule has 0 heterocycles. The van der Waals surface area contributed by atoms with Gasteiger partial charge in [-0.1, -0.05) is 33.0 Å². The van der Waals surface area contributed by atoms with E-state index in [2.05, 4.69) is 39.0 Å². The monoisotopic (exact) mass is 262 g/mol. The lowest BCUT2D eigenvalue weighted by Crippen LogP contribution is -2.38. The van der Waals surface area contributed by atoms with Gasteiger partial charge in [-0.05, 0) is 32.7 Å². The SMILES string of the molecule is CCC(CSC)N(C)CCC(C)(C)C(N)=S. The Hall–Kier alpha value is 0.200. The Morgan fingerprint density at radius 3 is 2.44 bits per heavy atom. The van der Waals surface area contributed by atoms with E-state index in [1.807, 2.05) is 11.8 Å². The first-order valence-electron chi connectivity index (χ1n) is 5.84. The minimum atomic E-state index is -0.0265. The molecule has 0 saturated carbocycles. The Morgan fingerprint density at radius 1 is 1.50 bits per heavy atom. The second-order valence-corrected chi connectivity index (χ2v) is 6.35. The molecule has 0 aromatic carbocycles. The van der Waals surface area contributed by atoms with Crippen molar-refractivity contribution in [2.75, 3.05) is 25.6 Å². The van der Waals surface area contributed by atoms with E-state index in [4.69, 9.17) is 18.0 Å². The van der Waals surface area contributed by atoms with Gasteiger partial charge in [-0.2, -0.15) is 11.8 Å². The first kappa shape index (κ1) is 16.2. The van der Waals surface area contributed by atoms with Crippen LogP contribution in [0.25, 0.3) is 0 Å². The van der Waals surface area contributed by atoms with Crippen LogP contribution in [-0.2, 0) is 0 Å². The largest absolute Gasteiger partial charge is 0.393 e. The molecule has 0 saturated heterocycles. The highest BCUT2D eigenvalue weighted by atomic mass is 32.2. The van der Waals surface area contributed by atoms with Crippen LogP contribution in [0.4, 0.5) is 0 Å². The quantitative estimate of drug-likeness (QED) is 0.681. The van der Waals surface area contributed by atoms with Gasteiger partial charge in [-0.15, -0.1) is 0 Å². The third kappa shape index (κ3) is 5.51. The molecule has 0 aliphatic carbocycles. The van der Waals surface area contributed by atoms with Gasteiger partial charge in [-0.3, -0.25) is 0 Å². The van der Waals surface area contributed by atoms with Gasteiger partial charge in [0.15, 0.2) is 0 Å². The third-order valence-electron chi connectivity index (χ3n) is 3.21. The fourth-order valence-corrected chi connectivity index (χ4v) is 2.49. The van der Waals surface area contributed by atoms with Gasteiger partial charge in [0.1, 0.15) is 0 Å². The molecule has 2 nitrogen and oxygen atoms in total. The lowest BCUT2D eigenvalue weighted by Gasteiger charge is -2.31. The Morgan fingerprint density at radius 2 is 2.06 bits per heavy atom. The van der Waals surface area contributed by atoms with E-state index >= 15 is 0 Å². The summed E-state index contributed by atoms with van der Waals surface area (Å²) in [6.07, 6.45) is 4.39. The van der Waals surface area contributed by atoms with Crippen molar-refractivity contribution in [1.82, 2.24) is 4.90 Å². The van der Waals surface area contributed by atoms with Gasteiger partial charge in [0.05, 0.1) is 4.99 Å². The van der Waals surface area contributed by atoms with Crippen molar-refractivity contribution in [1.29, 1.82) is 0 Å². The van der Waals surface area contributed by atoms with Crippen LogP contribution in [0.5, 0.6) is 0 Å². The van der Waals surface area contributed by atoms with Gasteiger partial charge in [-0.25, -0.2) is 0 Å². The molecular weight excluding hydrogens is 236 g/mol. The fourth-order valence-electron chi connectivity index (χ4n) is 1.51. The number of thioether (sulfide) groups is 1. The summed E-state index contributed by atoms with van der Waals surface area (Å²) in [5.74, 6) is 1.19. The average Bonchev–Trinajstić information content (AvgIpc) is 2.22. The van der Waals surface area contributed by atoms with Crippen molar-refractivity contribution in [2.45, 2.75) is 39.7 Å². The van der Waals surface area contributed by atoms with Crippen molar-refractivity contribution in [2.24, 2.45) is 11.1 Å². The highest BCUT2D eigenvalue weighted by Crippen LogP contribution is 2.21. The molecule has 0 radical (unpaired) electrons. The maximum absolute atomic E-state index is 5.73. The van der Waals surface area contributed by atoms with Gasteiger partial charge >= 0.3 is 0 Å². The van der Waals surface area contributed by atoms with Crippen molar-refractivity contribution >= 4 is 29.0 Å². The van der Waals surface area contributed by atoms with Crippen LogP contribution in [-0.4, -0.2) is 41.5 Å². The zero-order valence-electron chi connectivity index (χ0n) is 11.2. The Kier molecular flexibility index (Phi) is 7.61. The van der Waals surface area contributed by atoms with Gasteiger partial charge in [0.2, 0.25) is 0 Å². The molecule has 16 heavy (non-hydrogen) atoms. The van der Waals surface area contributed by atoms with Gasteiger partial charge in [0.25, 0.3) is 0 Å². The van der Waals surface area contributed by atoms with Crippen molar-refractivity contribution < 1.29 is 0 Å². The molecular formula is C12H26N2S2. The number of hydrogen-bond donors (Lipinski definition) is 1. The minimum Gasteiger partial charge on any atom is -0.393 e. The maximum atomic E-state index is 5.73. The van der Waals surface area contributed by atoms with Crippen LogP contribution in [0.3, 0.4) is 0 Å². The topological polar surface area (TPSA) is 29.3 Å². The highest BCUT2D eigenvalue weighted by molar-refractivity contribution is 7.98. The average molecular weight is 262 g/mol. The number of thiocarbonyl (C=S) groups is 1. The lowest BCUT2D eigenvalue weighted by molar-refractivity contribution is 0.231. The second kappa shape index (κ2) is 7.51. The van der Waals surface area contributed by atoms with E-state index in [9.17, 15) is 0 Å². The molecule has 0 amide bonds. The molecule has 1 unspecified atom stereocenters. The number of nitrogens with two attached hydrogens (primary N) is 1. The highest BCUT2D eigenvalue weighted by Gasteiger charge is 2.23. The molecule has 96 valence electrons. The summed E-state index contributed by atoms with van der Waals surface area (Å²) in [4.78, 5) is 3.05. The number of nitrogens with zero attached hydrogens (tertiary/aromatic N) is 1. The predicted molar refractivity (Wildman–Crippen MR) is 80.3 cm³/mol. The standard InChI is InChI=1S/C12H26N2S2/c1-6-10(9-16-5)14(4)8-7-12(2,3)11(13)15/h10H,6-9H2,1-5H3,(H2,13,15). The third-order valence-corrected chi connectivity index (χ3v) is 4.48. The number of hydrogen-bond acceptors (Lipinski definition) is 3. The van der Waals surface area contributed by atoms with E-state index in [0.717, 1.165) is 13.0 Å². The first-order valence-corrected chi connectivity index (χ1v) is 7.64. The fraction of sp³-hybridized carbons (Fsp3) is 0.917. The molecule has 0 aromatic rings. The number of rotatable bonds is 8. The molecule has 0 aromatic heterocycles. The van der Waals surface area contributed by atoms with Crippen LogP contribution in [0.1, 0.15) is 33.6 Å². The zero-order chi connectivity index (χ0) is 12.8. The lowest BCUT2D eigenvalue weighted by atomic mass is 9.89. The zero-order valence-corrected chi connectivity index (χ0v) is 12.9.